The zero-order valence-electron chi connectivity index (χ0n) is 11.1. The highest BCUT2D eigenvalue weighted by Crippen LogP contribution is 2.20. The van der Waals surface area contributed by atoms with Crippen molar-refractivity contribution in [1.29, 1.82) is 0 Å². The van der Waals surface area contributed by atoms with Gasteiger partial charge in [0, 0.05) is 18.8 Å². The summed E-state index contributed by atoms with van der Waals surface area (Å²) in [5.74, 6) is -0.407. The second-order valence-corrected chi connectivity index (χ2v) is 4.45. The van der Waals surface area contributed by atoms with Crippen molar-refractivity contribution < 1.29 is 8.78 Å². The molecule has 0 aliphatic rings. The lowest BCUT2D eigenvalue weighted by atomic mass is 10.3. The summed E-state index contributed by atoms with van der Waals surface area (Å²) < 4.78 is 28.6. The van der Waals surface area contributed by atoms with E-state index in [1.165, 1.54) is 6.07 Å². The molecule has 1 heterocycles. The minimum atomic E-state index is -0.475. The van der Waals surface area contributed by atoms with Gasteiger partial charge in [-0.1, -0.05) is 13.3 Å². The number of unbranched alkanes of at least 4 members (excludes halogenated alkanes) is 1. The number of imidazole rings is 1. The molecule has 0 saturated carbocycles. The maximum Gasteiger partial charge on any atom is 0.207 e. The van der Waals surface area contributed by atoms with E-state index in [1.807, 2.05) is 6.92 Å². The molecule has 1 aromatic carbocycles. The van der Waals surface area contributed by atoms with Crippen molar-refractivity contribution >= 4 is 5.95 Å². The Morgan fingerprint density at radius 1 is 1.32 bits per heavy atom. The Morgan fingerprint density at radius 3 is 2.84 bits per heavy atom. The van der Waals surface area contributed by atoms with Crippen LogP contribution in [0, 0.1) is 18.6 Å². The van der Waals surface area contributed by atoms with E-state index in [2.05, 4.69) is 17.2 Å². The standard InChI is InChI=1S/C14H17F2N3/c1-3-4-7-17-14-18-10(2)9-19(14)13-8-11(15)5-6-12(13)16/h5-6,8-9H,3-4,7H2,1-2H3,(H,17,18). The van der Waals surface area contributed by atoms with E-state index in [-0.39, 0.29) is 5.69 Å². The Bertz CT molecular complexity index is 564. The van der Waals surface area contributed by atoms with Crippen molar-refractivity contribution in [3.63, 3.8) is 0 Å². The number of nitrogens with one attached hydrogen (secondary N) is 1. The predicted octanol–water partition coefficient (Wildman–Crippen LogP) is 3.67. The second-order valence-electron chi connectivity index (χ2n) is 4.45. The summed E-state index contributed by atoms with van der Waals surface area (Å²) in [6, 6.07) is 3.39. The summed E-state index contributed by atoms with van der Waals surface area (Å²) >= 11 is 0. The quantitative estimate of drug-likeness (QED) is 0.836. The smallest absolute Gasteiger partial charge is 0.207 e. The van der Waals surface area contributed by atoms with Crippen LogP contribution in [0.1, 0.15) is 25.5 Å². The molecule has 3 nitrogen and oxygen atoms in total. The van der Waals surface area contributed by atoms with Gasteiger partial charge >= 0.3 is 0 Å². The summed E-state index contributed by atoms with van der Waals surface area (Å²) in [7, 11) is 0. The van der Waals surface area contributed by atoms with Crippen molar-refractivity contribution in [1.82, 2.24) is 9.55 Å². The molecular weight excluding hydrogens is 248 g/mol. The van der Waals surface area contributed by atoms with Gasteiger partial charge in [-0.15, -0.1) is 0 Å². The molecule has 2 aromatic rings. The van der Waals surface area contributed by atoms with Gasteiger partial charge in [0.1, 0.15) is 11.6 Å². The van der Waals surface area contributed by atoms with Gasteiger partial charge in [-0.25, -0.2) is 13.8 Å². The third-order valence-electron chi connectivity index (χ3n) is 2.81. The molecule has 0 spiro atoms. The molecule has 0 fully saturated rings. The van der Waals surface area contributed by atoms with Crippen molar-refractivity contribution in [2.24, 2.45) is 0 Å². The van der Waals surface area contributed by atoms with E-state index in [0.29, 0.717) is 5.95 Å². The van der Waals surface area contributed by atoms with Gasteiger partial charge in [0.15, 0.2) is 0 Å². The molecule has 0 saturated heterocycles. The van der Waals surface area contributed by atoms with Crippen LogP contribution in [0.4, 0.5) is 14.7 Å². The fourth-order valence-corrected chi connectivity index (χ4v) is 1.85. The Hall–Kier alpha value is -1.91. The SMILES string of the molecule is CCCCNc1nc(C)cn1-c1cc(F)ccc1F. The third kappa shape index (κ3) is 3.10. The van der Waals surface area contributed by atoms with Crippen LogP contribution in [0.15, 0.2) is 24.4 Å². The highest BCUT2D eigenvalue weighted by molar-refractivity contribution is 5.44. The summed E-state index contributed by atoms with van der Waals surface area (Å²) in [5, 5.41) is 3.14. The molecule has 19 heavy (non-hydrogen) atoms. The average Bonchev–Trinajstić information content (AvgIpc) is 2.74. The van der Waals surface area contributed by atoms with Gasteiger partial charge in [-0.2, -0.15) is 0 Å². The third-order valence-corrected chi connectivity index (χ3v) is 2.81. The Balaban J connectivity index is 2.35. The maximum absolute atomic E-state index is 13.8. The normalized spacial score (nSPS) is 10.7. The van der Waals surface area contributed by atoms with Crippen LogP contribution in [0.25, 0.3) is 5.69 Å². The number of nitrogens with zero attached hydrogens (tertiary/aromatic N) is 2. The number of rotatable bonds is 5. The largest absolute Gasteiger partial charge is 0.355 e. The Labute approximate surface area is 111 Å². The number of aromatic nitrogens is 2. The molecule has 0 atom stereocenters. The molecule has 5 heteroatoms. The number of hydrogen-bond acceptors (Lipinski definition) is 2. The molecule has 0 bridgehead atoms. The predicted molar refractivity (Wildman–Crippen MR) is 71.6 cm³/mol. The highest BCUT2D eigenvalue weighted by Gasteiger charge is 2.12. The number of aryl methyl sites for hydroxylation is 1. The number of hydrogen-bond donors (Lipinski definition) is 1. The summed E-state index contributed by atoms with van der Waals surface area (Å²) in [5.41, 5.74) is 0.919. The van der Waals surface area contributed by atoms with Crippen LogP contribution in [0.2, 0.25) is 0 Å². The first-order valence-electron chi connectivity index (χ1n) is 6.37. The van der Waals surface area contributed by atoms with Crippen LogP contribution >= 0.6 is 0 Å². The van der Waals surface area contributed by atoms with Crippen molar-refractivity contribution in [3.8, 4) is 5.69 Å². The molecule has 0 aliphatic carbocycles. The molecule has 1 aromatic heterocycles. The summed E-state index contributed by atoms with van der Waals surface area (Å²) in [4.78, 5) is 4.29. The van der Waals surface area contributed by atoms with Crippen LogP contribution in [-0.4, -0.2) is 16.1 Å². The van der Waals surface area contributed by atoms with Gasteiger partial charge in [0.25, 0.3) is 0 Å². The number of benzene rings is 1. The molecule has 0 aliphatic heterocycles. The van der Waals surface area contributed by atoms with Gasteiger partial charge in [0.2, 0.25) is 5.95 Å². The van der Waals surface area contributed by atoms with Gasteiger partial charge < -0.3 is 5.32 Å². The van der Waals surface area contributed by atoms with Gasteiger partial charge in [0.05, 0.1) is 11.4 Å². The first-order valence-corrected chi connectivity index (χ1v) is 6.37. The van der Waals surface area contributed by atoms with Crippen molar-refractivity contribution in [2.45, 2.75) is 26.7 Å². The molecule has 102 valence electrons. The van der Waals surface area contributed by atoms with E-state index in [0.717, 1.165) is 37.2 Å². The minimum absolute atomic E-state index is 0.166. The fourth-order valence-electron chi connectivity index (χ4n) is 1.85. The molecule has 2 rings (SSSR count). The number of halogens is 2. The van der Waals surface area contributed by atoms with Crippen LogP contribution in [0.5, 0.6) is 0 Å². The monoisotopic (exact) mass is 265 g/mol. The Kier molecular flexibility index (Phi) is 4.14. The van der Waals surface area contributed by atoms with Crippen LogP contribution in [0.3, 0.4) is 0 Å². The summed E-state index contributed by atoms with van der Waals surface area (Å²) in [6.07, 6.45) is 3.74. The first-order chi connectivity index (χ1) is 9.11. The van der Waals surface area contributed by atoms with Gasteiger partial charge in [-0.3, -0.25) is 4.57 Å². The lowest BCUT2D eigenvalue weighted by Gasteiger charge is -2.10. The van der Waals surface area contributed by atoms with Crippen molar-refractivity contribution in [2.75, 3.05) is 11.9 Å². The summed E-state index contributed by atoms with van der Waals surface area (Å²) in [6.45, 7) is 4.66. The zero-order chi connectivity index (χ0) is 13.8. The Morgan fingerprint density at radius 2 is 2.11 bits per heavy atom. The van der Waals surface area contributed by atoms with E-state index in [1.54, 1.807) is 10.8 Å². The molecule has 0 amide bonds. The van der Waals surface area contributed by atoms with E-state index in [4.69, 9.17) is 0 Å². The maximum atomic E-state index is 13.8. The molecule has 1 N–H and O–H groups in total. The lowest BCUT2D eigenvalue weighted by Crippen LogP contribution is -2.08. The second kappa shape index (κ2) is 5.82. The fraction of sp³-hybridized carbons (Fsp3) is 0.357. The first kappa shape index (κ1) is 13.5. The van der Waals surface area contributed by atoms with Crippen LogP contribution < -0.4 is 5.32 Å². The van der Waals surface area contributed by atoms with Gasteiger partial charge in [-0.05, 0) is 25.5 Å². The van der Waals surface area contributed by atoms with E-state index in [9.17, 15) is 8.78 Å². The van der Waals surface area contributed by atoms with E-state index < -0.39 is 11.6 Å². The average molecular weight is 265 g/mol. The van der Waals surface area contributed by atoms with Crippen molar-refractivity contribution in [3.05, 3.63) is 41.7 Å². The molecular formula is C14H17F2N3. The molecule has 0 unspecified atom stereocenters. The number of anilines is 1. The molecule has 0 radical (unpaired) electrons. The minimum Gasteiger partial charge on any atom is -0.355 e. The highest BCUT2D eigenvalue weighted by atomic mass is 19.1. The van der Waals surface area contributed by atoms with E-state index >= 15 is 0 Å². The lowest BCUT2D eigenvalue weighted by molar-refractivity contribution is 0.593. The zero-order valence-corrected chi connectivity index (χ0v) is 11.1. The van der Waals surface area contributed by atoms with Crippen LogP contribution in [-0.2, 0) is 0 Å². The topological polar surface area (TPSA) is 29.9 Å².